The van der Waals surface area contributed by atoms with Gasteiger partial charge in [0.05, 0.1) is 7.11 Å². The molecule has 0 aliphatic heterocycles. The Morgan fingerprint density at radius 3 is 2.65 bits per heavy atom. The van der Waals surface area contributed by atoms with Gasteiger partial charge in [0, 0.05) is 24.2 Å². The molecule has 5 heteroatoms. The van der Waals surface area contributed by atoms with Crippen molar-refractivity contribution in [2.75, 3.05) is 14.2 Å². The summed E-state index contributed by atoms with van der Waals surface area (Å²) in [5.41, 5.74) is 0.945. The summed E-state index contributed by atoms with van der Waals surface area (Å²) in [6.45, 7) is 2.17. The third-order valence-electron chi connectivity index (χ3n) is 3.43. The molecule has 0 unspecified atom stereocenters. The van der Waals surface area contributed by atoms with Crippen LogP contribution in [0.25, 0.3) is 0 Å². The Morgan fingerprint density at radius 2 is 1.96 bits per heavy atom. The highest BCUT2D eigenvalue weighted by molar-refractivity contribution is 6.30. The van der Waals surface area contributed by atoms with Gasteiger partial charge in [-0.2, -0.15) is 0 Å². The van der Waals surface area contributed by atoms with Crippen molar-refractivity contribution >= 4 is 17.5 Å². The van der Waals surface area contributed by atoms with Gasteiger partial charge < -0.3 is 14.4 Å². The van der Waals surface area contributed by atoms with Crippen LogP contribution in [-0.2, 0) is 11.3 Å². The van der Waals surface area contributed by atoms with Crippen molar-refractivity contribution in [2.45, 2.75) is 19.6 Å². The number of amides is 1. The van der Waals surface area contributed by atoms with Gasteiger partial charge in [-0.15, -0.1) is 0 Å². The van der Waals surface area contributed by atoms with E-state index in [4.69, 9.17) is 21.1 Å². The third kappa shape index (κ3) is 4.63. The standard InChI is InChI=1S/C18H20ClNO3/c1-13(23-16-9-6-8-15(19)11-16)18(21)20(2)12-14-7-4-5-10-17(14)22-3/h4-11,13H,12H2,1-3H3/t13-/m0/s1. The van der Waals surface area contributed by atoms with Crippen LogP contribution >= 0.6 is 11.6 Å². The molecule has 23 heavy (non-hydrogen) atoms. The van der Waals surface area contributed by atoms with Gasteiger partial charge in [-0.05, 0) is 31.2 Å². The van der Waals surface area contributed by atoms with Crippen molar-refractivity contribution in [3.63, 3.8) is 0 Å². The van der Waals surface area contributed by atoms with E-state index < -0.39 is 6.10 Å². The first-order valence-electron chi connectivity index (χ1n) is 7.30. The summed E-state index contributed by atoms with van der Waals surface area (Å²) in [5.74, 6) is 1.22. The maximum Gasteiger partial charge on any atom is 0.263 e. The zero-order chi connectivity index (χ0) is 16.8. The number of halogens is 1. The highest BCUT2D eigenvalue weighted by atomic mass is 35.5. The van der Waals surface area contributed by atoms with Gasteiger partial charge in [-0.25, -0.2) is 0 Å². The minimum absolute atomic E-state index is 0.115. The monoisotopic (exact) mass is 333 g/mol. The number of rotatable bonds is 6. The molecule has 0 radical (unpaired) electrons. The fourth-order valence-electron chi connectivity index (χ4n) is 2.27. The Bertz CT molecular complexity index is 675. The van der Waals surface area contributed by atoms with Gasteiger partial charge in [0.1, 0.15) is 11.5 Å². The second-order valence-corrected chi connectivity index (χ2v) is 5.66. The van der Waals surface area contributed by atoms with E-state index >= 15 is 0 Å². The Balaban J connectivity index is 2.01. The van der Waals surface area contributed by atoms with E-state index in [1.54, 1.807) is 50.2 Å². The lowest BCUT2D eigenvalue weighted by Gasteiger charge is -2.23. The normalized spacial score (nSPS) is 11.7. The predicted octanol–water partition coefficient (Wildman–Crippen LogP) is 3.77. The van der Waals surface area contributed by atoms with Crippen LogP contribution in [-0.4, -0.2) is 31.1 Å². The number of hydrogen-bond acceptors (Lipinski definition) is 3. The minimum atomic E-state index is -0.604. The zero-order valence-corrected chi connectivity index (χ0v) is 14.2. The van der Waals surface area contributed by atoms with Crippen LogP contribution in [0.1, 0.15) is 12.5 Å². The molecule has 0 aromatic heterocycles. The van der Waals surface area contributed by atoms with Gasteiger partial charge in [-0.1, -0.05) is 35.9 Å². The lowest BCUT2D eigenvalue weighted by Crippen LogP contribution is -2.37. The van der Waals surface area contributed by atoms with Crippen LogP contribution < -0.4 is 9.47 Å². The molecule has 0 spiro atoms. The van der Waals surface area contributed by atoms with E-state index in [0.29, 0.717) is 17.3 Å². The fourth-order valence-corrected chi connectivity index (χ4v) is 2.45. The van der Waals surface area contributed by atoms with Crippen LogP contribution in [0, 0.1) is 0 Å². The van der Waals surface area contributed by atoms with Crippen LogP contribution in [0.3, 0.4) is 0 Å². The van der Waals surface area contributed by atoms with Crippen molar-refractivity contribution in [1.82, 2.24) is 4.90 Å². The molecule has 1 atom stereocenters. The highest BCUT2D eigenvalue weighted by Crippen LogP contribution is 2.21. The Kier molecular flexibility index (Phi) is 5.88. The van der Waals surface area contributed by atoms with Crippen LogP contribution in [0.2, 0.25) is 5.02 Å². The molecular formula is C18H20ClNO3. The van der Waals surface area contributed by atoms with E-state index in [1.807, 2.05) is 24.3 Å². The molecule has 1 amide bonds. The minimum Gasteiger partial charge on any atom is -0.496 e. The van der Waals surface area contributed by atoms with E-state index in [1.165, 1.54) is 0 Å². The number of methoxy groups -OCH3 is 1. The topological polar surface area (TPSA) is 38.8 Å². The lowest BCUT2D eigenvalue weighted by molar-refractivity contribution is -0.137. The largest absolute Gasteiger partial charge is 0.496 e. The van der Waals surface area contributed by atoms with Gasteiger partial charge >= 0.3 is 0 Å². The number of benzene rings is 2. The first-order chi connectivity index (χ1) is 11.0. The zero-order valence-electron chi connectivity index (χ0n) is 13.5. The van der Waals surface area contributed by atoms with E-state index in [9.17, 15) is 4.79 Å². The average Bonchev–Trinajstić information content (AvgIpc) is 2.54. The second kappa shape index (κ2) is 7.88. The van der Waals surface area contributed by atoms with E-state index in [0.717, 1.165) is 11.3 Å². The van der Waals surface area contributed by atoms with Crippen LogP contribution in [0.4, 0.5) is 0 Å². The second-order valence-electron chi connectivity index (χ2n) is 5.22. The molecule has 0 aliphatic rings. The highest BCUT2D eigenvalue weighted by Gasteiger charge is 2.20. The first kappa shape index (κ1) is 17.2. The average molecular weight is 334 g/mol. The van der Waals surface area contributed by atoms with Gasteiger partial charge in [0.2, 0.25) is 0 Å². The van der Waals surface area contributed by atoms with Gasteiger partial charge in [0.25, 0.3) is 5.91 Å². The summed E-state index contributed by atoms with van der Waals surface area (Å²) >= 11 is 5.92. The first-order valence-corrected chi connectivity index (χ1v) is 7.68. The maximum absolute atomic E-state index is 12.5. The molecule has 0 bridgehead atoms. The number of hydrogen-bond donors (Lipinski definition) is 0. The molecule has 0 N–H and O–H groups in total. The molecular weight excluding hydrogens is 314 g/mol. The summed E-state index contributed by atoms with van der Waals surface area (Å²) in [7, 11) is 3.36. The van der Waals surface area contributed by atoms with Crippen molar-refractivity contribution in [2.24, 2.45) is 0 Å². The molecule has 0 saturated carbocycles. The molecule has 2 aromatic rings. The molecule has 2 aromatic carbocycles. The van der Waals surface area contributed by atoms with Gasteiger partial charge in [-0.3, -0.25) is 4.79 Å². The molecule has 122 valence electrons. The van der Waals surface area contributed by atoms with Crippen molar-refractivity contribution in [3.05, 3.63) is 59.1 Å². The van der Waals surface area contributed by atoms with Crippen LogP contribution in [0.5, 0.6) is 11.5 Å². The fraction of sp³-hybridized carbons (Fsp3) is 0.278. The summed E-state index contributed by atoms with van der Waals surface area (Å²) < 4.78 is 11.0. The number of ether oxygens (including phenoxy) is 2. The number of carbonyl (C=O) groups excluding carboxylic acids is 1. The number of likely N-dealkylation sites (N-methyl/N-ethyl adjacent to an activating group) is 1. The molecule has 0 saturated heterocycles. The van der Waals surface area contributed by atoms with Crippen LogP contribution in [0.15, 0.2) is 48.5 Å². The Labute approximate surface area is 141 Å². The SMILES string of the molecule is COc1ccccc1CN(C)C(=O)[C@H](C)Oc1cccc(Cl)c1. The molecule has 0 aliphatic carbocycles. The predicted molar refractivity (Wildman–Crippen MR) is 91.0 cm³/mol. The molecule has 4 nitrogen and oxygen atoms in total. The number of carbonyl (C=O) groups is 1. The quantitative estimate of drug-likeness (QED) is 0.807. The van der Waals surface area contributed by atoms with Gasteiger partial charge in [0.15, 0.2) is 6.10 Å². The molecule has 0 fully saturated rings. The van der Waals surface area contributed by atoms with Crippen molar-refractivity contribution < 1.29 is 14.3 Å². The smallest absolute Gasteiger partial charge is 0.263 e. The maximum atomic E-state index is 12.5. The Hall–Kier alpha value is -2.20. The number of nitrogens with zero attached hydrogens (tertiary/aromatic N) is 1. The van der Waals surface area contributed by atoms with Crippen molar-refractivity contribution in [1.29, 1.82) is 0 Å². The van der Waals surface area contributed by atoms with Crippen molar-refractivity contribution in [3.8, 4) is 11.5 Å². The summed E-state index contributed by atoms with van der Waals surface area (Å²) in [4.78, 5) is 14.1. The molecule has 2 rings (SSSR count). The van der Waals surface area contributed by atoms with E-state index in [-0.39, 0.29) is 5.91 Å². The third-order valence-corrected chi connectivity index (χ3v) is 3.67. The lowest BCUT2D eigenvalue weighted by atomic mass is 10.2. The summed E-state index contributed by atoms with van der Waals surface area (Å²) in [6.07, 6.45) is -0.604. The summed E-state index contributed by atoms with van der Waals surface area (Å²) in [5, 5.41) is 0.574. The summed E-state index contributed by atoms with van der Waals surface area (Å²) in [6, 6.07) is 14.6. The Morgan fingerprint density at radius 1 is 1.22 bits per heavy atom. The molecule has 0 heterocycles. The number of para-hydroxylation sites is 1. The van der Waals surface area contributed by atoms with E-state index in [2.05, 4.69) is 0 Å².